The number of imidazole rings is 1. The third-order valence-corrected chi connectivity index (χ3v) is 6.30. The third kappa shape index (κ3) is 5.02. The van der Waals surface area contributed by atoms with Gasteiger partial charge in [-0.25, -0.2) is 19.4 Å². The number of hydrogen-bond donors (Lipinski definition) is 0. The number of nitriles is 2. The van der Waals surface area contributed by atoms with Crippen molar-refractivity contribution in [3.05, 3.63) is 125 Å². The molecule has 0 saturated carbocycles. The van der Waals surface area contributed by atoms with E-state index in [4.69, 9.17) is 14.2 Å². The van der Waals surface area contributed by atoms with E-state index in [1.807, 2.05) is 12.1 Å². The number of benzene rings is 3. The Balaban J connectivity index is 1.54. The highest BCUT2D eigenvalue weighted by Crippen LogP contribution is 2.42. The number of esters is 3. The maximum Gasteiger partial charge on any atom is 0.338 e. The highest BCUT2D eigenvalue weighted by molar-refractivity contribution is 5.91. The second-order valence-electron chi connectivity index (χ2n) is 8.72. The van der Waals surface area contributed by atoms with Gasteiger partial charge in [-0.15, -0.1) is 0 Å². The van der Waals surface area contributed by atoms with Gasteiger partial charge < -0.3 is 18.8 Å². The second-order valence-corrected chi connectivity index (χ2v) is 8.72. The van der Waals surface area contributed by atoms with Crippen LogP contribution < -0.4 is 0 Å². The molecule has 1 aliphatic rings. The number of hydrogen-bond acceptors (Lipinski definition) is 9. The molecular formula is C30H20N4O6. The SMILES string of the molecule is N#Cc1nc2n(c1C#N)[C@@H](COC(=O)c1ccccc1)[C@@H](OC(=O)c1ccccc1)[C@H]2OC(=O)c1ccccc1. The van der Waals surface area contributed by atoms with Crippen LogP contribution in [0.15, 0.2) is 91.0 Å². The zero-order valence-corrected chi connectivity index (χ0v) is 20.8. The summed E-state index contributed by atoms with van der Waals surface area (Å²) in [7, 11) is 0. The van der Waals surface area contributed by atoms with E-state index in [2.05, 4.69) is 4.98 Å². The Bertz CT molecular complexity index is 1640. The molecule has 0 N–H and O–H groups in total. The molecule has 0 fully saturated rings. The third-order valence-electron chi connectivity index (χ3n) is 6.30. The van der Waals surface area contributed by atoms with Crippen molar-refractivity contribution in [2.45, 2.75) is 18.2 Å². The van der Waals surface area contributed by atoms with E-state index in [0.717, 1.165) is 0 Å². The molecule has 1 aromatic heterocycles. The van der Waals surface area contributed by atoms with Crippen LogP contribution in [0.3, 0.4) is 0 Å². The van der Waals surface area contributed by atoms with Gasteiger partial charge in [0.2, 0.25) is 0 Å². The molecule has 10 heteroatoms. The summed E-state index contributed by atoms with van der Waals surface area (Å²) in [5, 5.41) is 19.5. The quantitative estimate of drug-likeness (QED) is 0.253. The van der Waals surface area contributed by atoms with E-state index in [9.17, 15) is 24.9 Å². The Kier molecular flexibility index (Phi) is 7.34. The molecule has 0 saturated heterocycles. The molecule has 4 aromatic rings. The first-order chi connectivity index (χ1) is 19.5. The van der Waals surface area contributed by atoms with Gasteiger partial charge in [0, 0.05) is 0 Å². The predicted molar refractivity (Wildman–Crippen MR) is 138 cm³/mol. The van der Waals surface area contributed by atoms with Gasteiger partial charge in [-0.1, -0.05) is 54.6 Å². The van der Waals surface area contributed by atoms with Crippen molar-refractivity contribution in [3.8, 4) is 12.1 Å². The normalized spacial score (nSPS) is 17.1. The van der Waals surface area contributed by atoms with Crippen LogP contribution in [0.1, 0.15) is 60.4 Å². The minimum Gasteiger partial charge on any atom is -0.460 e. The molecule has 0 bridgehead atoms. The van der Waals surface area contributed by atoms with Crippen molar-refractivity contribution in [2.75, 3.05) is 6.61 Å². The van der Waals surface area contributed by atoms with Crippen LogP contribution in [-0.2, 0) is 14.2 Å². The van der Waals surface area contributed by atoms with E-state index in [1.165, 1.54) is 4.57 Å². The topological polar surface area (TPSA) is 144 Å². The van der Waals surface area contributed by atoms with Crippen molar-refractivity contribution in [1.82, 2.24) is 9.55 Å². The monoisotopic (exact) mass is 532 g/mol. The predicted octanol–water partition coefficient (Wildman–Crippen LogP) is 4.16. The Hall–Kier alpha value is -5.74. The lowest BCUT2D eigenvalue weighted by Gasteiger charge is -2.25. The standard InChI is InChI=1S/C30H20N4O6/c31-16-22-23(17-32)34-24(18-38-28(35)19-10-4-1-5-11-19)25(39-29(36)20-12-6-2-7-13-20)26(27(34)33-22)40-30(37)21-14-8-3-9-15-21/h1-15,24-26H,18H2/t24-,25+,26+/m0/s1. The molecule has 40 heavy (non-hydrogen) atoms. The number of carbonyl (C=O) groups excluding carboxylic acids is 3. The molecule has 0 aliphatic carbocycles. The van der Waals surface area contributed by atoms with Gasteiger partial charge in [-0.2, -0.15) is 10.5 Å². The van der Waals surface area contributed by atoms with Gasteiger partial charge in [0.1, 0.15) is 24.8 Å². The average Bonchev–Trinajstić information content (AvgIpc) is 3.50. The van der Waals surface area contributed by atoms with Crippen LogP contribution in [0.4, 0.5) is 0 Å². The summed E-state index contributed by atoms with van der Waals surface area (Å²) in [6, 6.07) is 27.4. The maximum atomic E-state index is 13.1. The molecule has 0 amide bonds. The largest absolute Gasteiger partial charge is 0.460 e. The summed E-state index contributed by atoms with van der Waals surface area (Å²) in [5.74, 6) is -2.10. The number of carbonyl (C=O) groups is 3. The van der Waals surface area contributed by atoms with E-state index < -0.39 is 36.2 Å². The van der Waals surface area contributed by atoms with E-state index >= 15 is 0 Å². The Morgan fingerprint density at radius 2 is 1.23 bits per heavy atom. The maximum absolute atomic E-state index is 13.1. The number of aromatic nitrogens is 2. The first-order valence-corrected chi connectivity index (χ1v) is 12.2. The lowest BCUT2D eigenvalue weighted by molar-refractivity contribution is -0.0487. The second kappa shape index (κ2) is 11.3. The molecule has 2 heterocycles. The van der Waals surface area contributed by atoms with Gasteiger partial charge in [0.25, 0.3) is 0 Å². The molecule has 196 valence electrons. The molecule has 0 unspecified atom stereocenters. The number of ether oxygens (including phenoxy) is 3. The van der Waals surface area contributed by atoms with Crippen molar-refractivity contribution in [1.29, 1.82) is 10.5 Å². The van der Waals surface area contributed by atoms with Gasteiger partial charge in [-0.3, -0.25) is 0 Å². The molecule has 0 radical (unpaired) electrons. The van der Waals surface area contributed by atoms with Crippen LogP contribution in [0.5, 0.6) is 0 Å². The first kappa shape index (κ1) is 25.9. The van der Waals surface area contributed by atoms with Gasteiger partial charge in [0.15, 0.2) is 29.4 Å². The molecule has 10 nitrogen and oxygen atoms in total. The lowest BCUT2D eigenvalue weighted by Crippen LogP contribution is -2.33. The smallest absolute Gasteiger partial charge is 0.338 e. The summed E-state index contributed by atoms with van der Waals surface area (Å²) >= 11 is 0. The van der Waals surface area contributed by atoms with Crippen LogP contribution in [0, 0.1) is 22.7 Å². The van der Waals surface area contributed by atoms with E-state index in [0.29, 0.717) is 0 Å². The zero-order chi connectivity index (χ0) is 28.1. The molecule has 5 rings (SSSR count). The minimum absolute atomic E-state index is 0.0176. The van der Waals surface area contributed by atoms with Crippen molar-refractivity contribution in [2.24, 2.45) is 0 Å². The number of fused-ring (bicyclic) bond motifs is 1. The van der Waals surface area contributed by atoms with Gasteiger partial charge >= 0.3 is 17.9 Å². The number of nitrogens with zero attached hydrogens (tertiary/aromatic N) is 4. The first-order valence-electron chi connectivity index (χ1n) is 12.2. The summed E-state index contributed by atoms with van der Waals surface area (Å²) < 4.78 is 18.5. The fourth-order valence-electron chi connectivity index (χ4n) is 4.44. The Morgan fingerprint density at radius 3 is 1.73 bits per heavy atom. The molecule has 3 aromatic carbocycles. The summed E-state index contributed by atoms with van der Waals surface area (Å²) in [5.41, 5.74) is 0.407. The molecular weight excluding hydrogens is 512 g/mol. The number of rotatable bonds is 7. The fourth-order valence-corrected chi connectivity index (χ4v) is 4.44. The minimum atomic E-state index is -1.31. The highest BCUT2D eigenvalue weighted by atomic mass is 16.6. The summed E-state index contributed by atoms with van der Waals surface area (Å²) in [6.07, 6.45) is -2.55. The van der Waals surface area contributed by atoms with Gasteiger partial charge in [0.05, 0.1) is 16.7 Å². The lowest BCUT2D eigenvalue weighted by atomic mass is 10.1. The van der Waals surface area contributed by atoms with Crippen molar-refractivity contribution in [3.63, 3.8) is 0 Å². The molecule has 3 atom stereocenters. The van der Waals surface area contributed by atoms with Crippen molar-refractivity contribution < 1.29 is 28.6 Å². The van der Waals surface area contributed by atoms with Gasteiger partial charge in [-0.05, 0) is 36.4 Å². The van der Waals surface area contributed by atoms with Crippen LogP contribution in [0.2, 0.25) is 0 Å². The Morgan fingerprint density at radius 1 is 0.725 bits per heavy atom. The zero-order valence-electron chi connectivity index (χ0n) is 20.8. The van der Waals surface area contributed by atoms with Crippen LogP contribution in [0.25, 0.3) is 0 Å². The van der Waals surface area contributed by atoms with E-state index in [-0.39, 0.29) is 40.5 Å². The molecule has 1 aliphatic heterocycles. The molecule has 0 spiro atoms. The van der Waals surface area contributed by atoms with E-state index in [1.54, 1.807) is 91.0 Å². The summed E-state index contributed by atoms with van der Waals surface area (Å²) in [4.78, 5) is 43.2. The van der Waals surface area contributed by atoms with Crippen LogP contribution >= 0.6 is 0 Å². The Labute approximate surface area is 228 Å². The van der Waals surface area contributed by atoms with Crippen LogP contribution in [-0.4, -0.2) is 40.2 Å². The highest BCUT2D eigenvalue weighted by Gasteiger charge is 2.50. The van der Waals surface area contributed by atoms with Crippen molar-refractivity contribution >= 4 is 17.9 Å². The average molecular weight is 533 g/mol. The summed E-state index contributed by atoms with van der Waals surface area (Å²) in [6.45, 7) is -0.372. The fraction of sp³-hybridized carbons (Fsp3) is 0.133.